The van der Waals surface area contributed by atoms with E-state index in [2.05, 4.69) is 16.8 Å². The number of hydrogen-bond donors (Lipinski definition) is 0. The molecular formula is C17H27F2O6SSi. The number of carbonyl (C=O) groups excluding carboxylic acids is 2. The fraction of sp³-hybridized carbons (Fsp3) is 0.765. The van der Waals surface area contributed by atoms with Gasteiger partial charge in [0.15, 0.2) is 0 Å². The number of hydrogen-bond acceptors (Lipinski definition) is 7. The van der Waals surface area contributed by atoms with Gasteiger partial charge in [-0.3, -0.25) is 9.59 Å². The van der Waals surface area contributed by atoms with E-state index in [1.54, 1.807) is 6.92 Å². The lowest BCUT2D eigenvalue weighted by atomic mass is 9.95. The van der Waals surface area contributed by atoms with Crippen LogP contribution in [0.5, 0.6) is 0 Å². The summed E-state index contributed by atoms with van der Waals surface area (Å²) in [6.45, 7) is 4.37. The molecule has 0 aromatic carbocycles. The molecule has 27 heavy (non-hydrogen) atoms. The zero-order valence-electron chi connectivity index (χ0n) is 15.8. The van der Waals surface area contributed by atoms with Gasteiger partial charge in [0.25, 0.3) is 0 Å². The minimum absolute atomic E-state index is 0.111. The summed E-state index contributed by atoms with van der Waals surface area (Å²) in [6.07, 6.45) is 0.764. The lowest BCUT2D eigenvalue weighted by Crippen LogP contribution is -2.34. The minimum Gasteiger partial charge on any atom is -0.465 e. The molecule has 0 aromatic heterocycles. The molecule has 0 saturated heterocycles. The van der Waals surface area contributed by atoms with Crippen molar-refractivity contribution in [1.29, 1.82) is 0 Å². The molecule has 3 radical (unpaired) electrons. The highest BCUT2D eigenvalue weighted by atomic mass is 32.2. The molecule has 0 aromatic rings. The largest absolute Gasteiger partial charge is 0.465 e. The standard InChI is InChI=1S/C17H27F2O6SSi/c1-13(15(20)22-5-4-8-27)9-26-10-14(2)25-24-7-6-23-16(21)17(3,11-18)12-19/h13H,2,4-12H2,1,3H3. The second-order valence-corrected chi connectivity index (χ2v) is 7.63. The van der Waals surface area contributed by atoms with Crippen LogP contribution in [0.4, 0.5) is 8.78 Å². The minimum atomic E-state index is -1.78. The van der Waals surface area contributed by atoms with Crippen molar-refractivity contribution >= 4 is 33.9 Å². The highest BCUT2D eigenvalue weighted by Crippen LogP contribution is 2.20. The van der Waals surface area contributed by atoms with Crippen molar-refractivity contribution in [3.8, 4) is 0 Å². The lowest BCUT2D eigenvalue weighted by molar-refractivity contribution is -0.265. The Bertz CT molecular complexity index is 463. The van der Waals surface area contributed by atoms with Crippen LogP contribution in [-0.4, -0.2) is 66.9 Å². The first-order chi connectivity index (χ1) is 12.8. The highest BCUT2D eigenvalue weighted by Gasteiger charge is 2.35. The molecule has 0 amide bonds. The molecule has 0 bridgehead atoms. The van der Waals surface area contributed by atoms with Gasteiger partial charge in [-0.1, -0.05) is 19.5 Å². The van der Waals surface area contributed by atoms with E-state index in [0.29, 0.717) is 23.9 Å². The first kappa shape index (κ1) is 25.9. The summed E-state index contributed by atoms with van der Waals surface area (Å²) in [5.41, 5.74) is -1.78. The third kappa shape index (κ3) is 11.3. The van der Waals surface area contributed by atoms with Gasteiger partial charge in [-0.25, -0.2) is 8.78 Å². The Labute approximate surface area is 166 Å². The number of halogens is 2. The van der Waals surface area contributed by atoms with Crippen molar-refractivity contribution in [3.63, 3.8) is 0 Å². The number of rotatable bonds is 16. The van der Waals surface area contributed by atoms with Crippen LogP contribution in [-0.2, 0) is 28.8 Å². The monoisotopic (exact) mass is 425 g/mol. The number of esters is 2. The second kappa shape index (κ2) is 14.9. The van der Waals surface area contributed by atoms with E-state index >= 15 is 0 Å². The Balaban J connectivity index is 3.78. The number of thioether (sulfide) groups is 1. The van der Waals surface area contributed by atoms with E-state index in [1.807, 2.05) is 0 Å². The van der Waals surface area contributed by atoms with Crippen LogP contribution in [0.25, 0.3) is 0 Å². The fourth-order valence-electron chi connectivity index (χ4n) is 1.44. The van der Waals surface area contributed by atoms with E-state index in [4.69, 9.17) is 19.2 Å². The Kier molecular flexibility index (Phi) is 14.2. The molecule has 0 aliphatic rings. The molecule has 6 nitrogen and oxygen atoms in total. The van der Waals surface area contributed by atoms with Crippen molar-refractivity contribution in [2.24, 2.45) is 11.3 Å². The van der Waals surface area contributed by atoms with Crippen LogP contribution < -0.4 is 0 Å². The van der Waals surface area contributed by atoms with Gasteiger partial charge in [-0.05, 0) is 13.3 Å². The molecule has 0 fully saturated rings. The number of ether oxygens (including phenoxy) is 2. The fourth-order valence-corrected chi connectivity index (χ4v) is 2.47. The zero-order valence-corrected chi connectivity index (χ0v) is 17.6. The van der Waals surface area contributed by atoms with E-state index < -0.39 is 24.7 Å². The Morgan fingerprint density at radius 1 is 1.19 bits per heavy atom. The van der Waals surface area contributed by atoms with E-state index in [-0.39, 0.29) is 25.1 Å². The Morgan fingerprint density at radius 2 is 1.85 bits per heavy atom. The molecule has 1 unspecified atom stereocenters. The van der Waals surface area contributed by atoms with Gasteiger partial charge in [-0.15, -0.1) is 0 Å². The summed E-state index contributed by atoms with van der Waals surface area (Å²) in [5.74, 6) is -0.206. The summed E-state index contributed by atoms with van der Waals surface area (Å²) in [6, 6.07) is 0.776. The SMILES string of the molecule is C=C(CSCC(C)C(=O)OCCC[Si])OOCCOC(=O)C(C)(CF)CF. The van der Waals surface area contributed by atoms with Crippen LogP contribution >= 0.6 is 11.8 Å². The molecule has 0 saturated carbocycles. The van der Waals surface area contributed by atoms with Gasteiger partial charge in [0.2, 0.25) is 0 Å². The number of carbonyl (C=O) groups is 2. The summed E-state index contributed by atoms with van der Waals surface area (Å²) >= 11 is 1.43. The molecule has 1 atom stereocenters. The molecule has 155 valence electrons. The van der Waals surface area contributed by atoms with E-state index in [0.717, 1.165) is 19.4 Å². The summed E-state index contributed by atoms with van der Waals surface area (Å²) < 4.78 is 35.1. The van der Waals surface area contributed by atoms with Crippen molar-refractivity contribution in [2.75, 3.05) is 44.7 Å². The maximum atomic E-state index is 12.6. The van der Waals surface area contributed by atoms with Crippen LogP contribution in [0.1, 0.15) is 20.3 Å². The van der Waals surface area contributed by atoms with Gasteiger partial charge in [0, 0.05) is 16.0 Å². The average molecular weight is 426 g/mol. The van der Waals surface area contributed by atoms with Crippen molar-refractivity contribution < 1.29 is 37.6 Å². The van der Waals surface area contributed by atoms with Crippen LogP contribution in [0.2, 0.25) is 6.04 Å². The maximum absolute atomic E-state index is 12.6. The van der Waals surface area contributed by atoms with Gasteiger partial charge in [0.1, 0.15) is 37.7 Å². The topological polar surface area (TPSA) is 71.1 Å². The summed E-state index contributed by atoms with van der Waals surface area (Å²) in [4.78, 5) is 32.9. The van der Waals surface area contributed by atoms with Crippen molar-refractivity contribution in [2.45, 2.75) is 26.3 Å². The predicted molar refractivity (Wildman–Crippen MR) is 99.8 cm³/mol. The molecule has 0 rings (SSSR count). The van der Waals surface area contributed by atoms with Gasteiger partial charge >= 0.3 is 11.9 Å². The van der Waals surface area contributed by atoms with Crippen LogP contribution in [0, 0.1) is 11.3 Å². The maximum Gasteiger partial charge on any atom is 0.317 e. The smallest absolute Gasteiger partial charge is 0.317 e. The van der Waals surface area contributed by atoms with Crippen LogP contribution in [0.3, 0.4) is 0 Å². The normalized spacial score (nSPS) is 12.3. The summed E-state index contributed by atoms with van der Waals surface area (Å²) in [7, 11) is 3.31. The van der Waals surface area contributed by atoms with Gasteiger partial charge < -0.3 is 14.4 Å². The molecule has 10 heteroatoms. The lowest BCUT2D eigenvalue weighted by Gasteiger charge is -2.19. The quantitative estimate of drug-likeness (QED) is 0.0940. The molecule has 0 spiro atoms. The molecule has 0 N–H and O–H groups in total. The molecule has 0 heterocycles. The zero-order chi connectivity index (χ0) is 20.7. The second-order valence-electron chi connectivity index (χ2n) is 6.10. The molecular weight excluding hydrogens is 398 g/mol. The van der Waals surface area contributed by atoms with E-state index in [9.17, 15) is 18.4 Å². The summed E-state index contributed by atoms with van der Waals surface area (Å²) in [5, 5.41) is 0. The first-order valence-corrected chi connectivity index (χ1v) is 10.3. The molecule has 0 aliphatic heterocycles. The van der Waals surface area contributed by atoms with Gasteiger partial charge in [0.05, 0.1) is 18.3 Å². The Hall–Kier alpha value is -1.13. The third-order valence-electron chi connectivity index (χ3n) is 3.26. The third-order valence-corrected chi connectivity index (χ3v) is 4.87. The average Bonchev–Trinajstić information content (AvgIpc) is 2.66. The van der Waals surface area contributed by atoms with Crippen molar-refractivity contribution in [1.82, 2.24) is 0 Å². The Morgan fingerprint density at radius 3 is 2.44 bits per heavy atom. The van der Waals surface area contributed by atoms with Crippen LogP contribution in [0.15, 0.2) is 12.3 Å². The van der Waals surface area contributed by atoms with Gasteiger partial charge in [-0.2, -0.15) is 16.6 Å². The predicted octanol–water partition coefficient (Wildman–Crippen LogP) is 2.83. The highest BCUT2D eigenvalue weighted by molar-refractivity contribution is 7.99. The first-order valence-electron chi connectivity index (χ1n) is 8.46. The number of alkyl halides is 2. The van der Waals surface area contributed by atoms with Crippen molar-refractivity contribution in [3.05, 3.63) is 12.3 Å². The molecule has 0 aliphatic carbocycles. The van der Waals surface area contributed by atoms with E-state index in [1.165, 1.54) is 11.8 Å².